The van der Waals surface area contributed by atoms with Crippen molar-refractivity contribution in [3.63, 3.8) is 0 Å². The molecule has 0 saturated heterocycles. The SMILES string of the molecule is CCCCCCCC(O)CSc1cccc(C)c1. The van der Waals surface area contributed by atoms with E-state index < -0.39 is 0 Å². The summed E-state index contributed by atoms with van der Waals surface area (Å²) >= 11 is 1.76. The zero-order chi connectivity index (χ0) is 13.2. The van der Waals surface area contributed by atoms with Gasteiger partial charge in [-0.25, -0.2) is 0 Å². The predicted molar refractivity (Wildman–Crippen MR) is 81.3 cm³/mol. The summed E-state index contributed by atoms with van der Waals surface area (Å²) in [6, 6.07) is 8.48. The van der Waals surface area contributed by atoms with E-state index in [0.717, 1.165) is 18.6 Å². The molecule has 0 saturated carbocycles. The fourth-order valence-corrected chi connectivity index (χ4v) is 2.96. The zero-order valence-electron chi connectivity index (χ0n) is 11.7. The zero-order valence-corrected chi connectivity index (χ0v) is 12.5. The molecule has 1 rings (SSSR count). The molecule has 0 radical (unpaired) electrons. The van der Waals surface area contributed by atoms with Gasteiger partial charge in [0.25, 0.3) is 0 Å². The molecule has 1 N–H and O–H groups in total. The molecule has 0 aliphatic rings. The van der Waals surface area contributed by atoms with Crippen LogP contribution in [0.25, 0.3) is 0 Å². The lowest BCUT2D eigenvalue weighted by atomic mass is 10.1. The van der Waals surface area contributed by atoms with Gasteiger partial charge in [0.2, 0.25) is 0 Å². The average molecular weight is 266 g/mol. The number of thioether (sulfide) groups is 1. The van der Waals surface area contributed by atoms with E-state index in [9.17, 15) is 5.11 Å². The first-order valence-corrected chi connectivity index (χ1v) is 8.08. The van der Waals surface area contributed by atoms with E-state index in [1.165, 1.54) is 36.1 Å². The maximum atomic E-state index is 9.92. The molecule has 1 atom stereocenters. The van der Waals surface area contributed by atoms with E-state index in [1.54, 1.807) is 11.8 Å². The second kappa shape index (κ2) is 9.46. The third-order valence-corrected chi connectivity index (χ3v) is 4.21. The van der Waals surface area contributed by atoms with Gasteiger partial charge in [0, 0.05) is 10.6 Å². The molecule has 1 unspecified atom stereocenters. The third kappa shape index (κ3) is 7.07. The molecule has 18 heavy (non-hydrogen) atoms. The molecule has 0 aliphatic heterocycles. The standard InChI is InChI=1S/C16H26OS/c1-3-4-5-6-7-10-15(17)13-18-16-11-8-9-14(2)12-16/h8-9,11-12,15,17H,3-7,10,13H2,1-2H3. The highest BCUT2D eigenvalue weighted by Crippen LogP contribution is 2.21. The molecular formula is C16H26OS. The monoisotopic (exact) mass is 266 g/mol. The van der Waals surface area contributed by atoms with Crippen LogP contribution >= 0.6 is 11.8 Å². The first-order chi connectivity index (χ1) is 8.72. The number of aliphatic hydroxyl groups is 1. The first-order valence-electron chi connectivity index (χ1n) is 7.10. The number of hydrogen-bond donors (Lipinski definition) is 1. The van der Waals surface area contributed by atoms with Gasteiger partial charge < -0.3 is 5.11 Å². The number of hydrogen-bond acceptors (Lipinski definition) is 2. The summed E-state index contributed by atoms with van der Waals surface area (Å²) in [6.07, 6.45) is 7.14. The van der Waals surface area contributed by atoms with E-state index >= 15 is 0 Å². The van der Waals surface area contributed by atoms with Crippen molar-refractivity contribution < 1.29 is 5.11 Å². The van der Waals surface area contributed by atoms with Crippen LogP contribution < -0.4 is 0 Å². The van der Waals surface area contributed by atoms with Crippen LogP contribution in [0.2, 0.25) is 0 Å². The van der Waals surface area contributed by atoms with E-state index in [4.69, 9.17) is 0 Å². The Labute approximate surface area is 116 Å². The summed E-state index contributed by atoms with van der Waals surface area (Å²) in [5, 5.41) is 9.92. The Hall–Kier alpha value is -0.470. The van der Waals surface area contributed by atoms with Crippen LogP contribution in [-0.2, 0) is 0 Å². The van der Waals surface area contributed by atoms with Crippen LogP contribution in [0, 0.1) is 6.92 Å². The molecule has 0 amide bonds. The van der Waals surface area contributed by atoms with Gasteiger partial charge in [-0.15, -0.1) is 11.8 Å². The Morgan fingerprint density at radius 2 is 1.94 bits per heavy atom. The van der Waals surface area contributed by atoms with Gasteiger partial charge in [0.05, 0.1) is 6.10 Å². The summed E-state index contributed by atoms with van der Waals surface area (Å²) < 4.78 is 0. The predicted octanol–water partition coefficient (Wildman–Crippen LogP) is 4.81. The van der Waals surface area contributed by atoms with E-state index in [0.29, 0.717) is 0 Å². The number of rotatable bonds is 9. The van der Waals surface area contributed by atoms with Crippen LogP contribution in [0.3, 0.4) is 0 Å². The molecule has 1 aromatic carbocycles. The molecule has 0 aliphatic carbocycles. The van der Waals surface area contributed by atoms with Gasteiger partial charge in [-0.1, -0.05) is 56.7 Å². The highest BCUT2D eigenvalue weighted by atomic mass is 32.2. The largest absolute Gasteiger partial charge is 0.392 e. The molecule has 0 aromatic heterocycles. The minimum Gasteiger partial charge on any atom is -0.392 e. The third-order valence-electron chi connectivity index (χ3n) is 3.07. The minimum atomic E-state index is -0.155. The molecule has 0 fully saturated rings. The number of benzene rings is 1. The van der Waals surface area contributed by atoms with Crippen molar-refractivity contribution >= 4 is 11.8 Å². The van der Waals surface area contributed by atoms with Crippen molar-refractivity contribution in [1.29, 1.82) is 0 Å². The molecular weight excluding hydrogens is 240 g/mol. The minimum absolute atomic E-state index is 0.155. The summed E-state index contributed by atoms with van der Waals surface area (Å²) in [7, 11) is 0. The number of unbranched alkanes of at least 4 members (excludes halogenated alkanes) is 4. The summed E-state index contributed by atoms with van der Waals surface area (Å²) in [5.74, 6) is 0.817. The molecule has 0 spiro atoms. The van der Waals surface area contributed by atoms with Gasteiger partial charge in [0.1, 0.15) is 0 Å². The maximum absolute atomic E-state index is 9.92. The fraction of sp³-hybridized carbons (Fsp3) is 0.625. The van der Waals surface area contributed by atoms with Gasteiger partial charge in [-0.3, -0.25) is 0 Å². The van der Waals surface area contributed by atoms with Crippen molar-refractivity contribution in [2.24, 2.45) is 0 Å². The second-order valence-corrected chi connectivity index (χ2v) is 6.08. The summed E-state index contributed by atoms with van der Waals surface area (Å²) in [4.78, 5) is 1.26. The van der Waals surface area contributed by atoms with E-state index in [-0.39, 0.29) is 6.10 Å². The van der Waals surface area contributed by atoms with Crippen LogP contribution in [0.5, 0.6) is 0 Å². The van der Waals surface area contributed by atoms with Crippen LogP contribution in [-0.4, -0.2) is 17.0 Å². The van der Waals surface area contributed by atoms with Crippen molar-refractivity contribution in [1.82, 2.24) is 0 Å². The average Bonchev–Trinajstić information content (AvgIpc) is 2.36. The van der Waals surface area contributed by atoms with Crippen molar-refractivity contribution in [2.75, 3.05) is 5.75 Å². The quantitative estimate of drug-likeness (QED) is 0.511. The topological polar surface area (TPSA) is 20.2 Å². The Kier molecular flexibility index (Phi) is 8.19. The smallest absolute Gasteiger partial charge is 0.0634 e. The molecule has 102 valence electrons. The van der Waals surface area contributed by atoms with Gasteiger partial charge >= 0.3 is 0 Å². The van der Waals surface area contributed by atoms with Gasteiger partial charge in [-0.05, 0) is 25.5 Å². The van der Waals surface area contributed by atoms with Gasteiger partial charge in [-0.2, -0.15) is 0 Å². The Morgan fingerprint density at radius 3 is 2.67 bits per heavy atom. The number of aryl methyl sites for hydroxylation is 1. The fourth-order valence-electron chi connectivity index (χ4n) is 1.96. The van der Waals surface area contributed by atoms with E-state index in [1.807, 2.05) is 0 Å². The summed E-state index contributed by atoms with van der Waals surface area (Å²) in [6.45, 7) is 4.33. The van der Waals surface area contributed by atoms with E-state index in [2.05, 4.69) is 38.1 Å². The maximum Gasteiger partial charge on any atom is 0.0634 e. The normalized spacial score (nSPS) is 12.6. The highest BCUT2D eigenvalue weighted by molar-refractivity contribution is 7.99. The van der Waals surface area contributed by atoms with Gasteiger partial charge in [0.15, 0.2) is 0 Å². The Balaban J connectivity index is 2.11. The molecule has 2 heteroatoms. The van der Waals surface area contributed by atoms with Crippen LogP contribution in [0.4, 0.5) is 0 Å². The van der Waals surface area contributed by atoms with Crippen molar-refractivity contribution in [2.45, 2.75) is 63.4 Å². The molecule has 1 nitrogen and oxygen atoms in total. The highest BCUT2D eigenvalue weighted by Gasteiger charge is 2.05. The molecule has 0 bridgehead atoms. The van der Waals surface area contributed by atoms with Crippen LogP contribution in [0.15, 0.2) is 29.2 Å². The lowest BCUT2D eigenvalue weighted by Crippen LogP contribution is -2.09. The van der Waals surface area contributed by atoms with Crippen molar-refractivity contribution in [3.8, 4) is 0 Å². The van der Waals surface area contributed by atoms with Crippen LogP contribution in [0.1, 0.15) is 51.0 Å². The first kappa shape index (κ1) is 15.6. The lowest BCUT2D eigenvalue weighted by Gasteiger charge is -2.10. The lowest BCUT2D eigenvalue weighted by molar-refractivity contribution is 0.185. The second-order valence-electron chi connectivity index (χ2n) is 4.98. The molecule has 1 aromatic rings. The molecule has 0 heterocycles. The summed E-state index contributed by atoms with van der Waals surface area (Å²) in [5.41, 5.74) is 1.29. The van der Waals surface area contributed by atoms with Crippen molar-refractivity contribution in [3.05, 3.63) is 29.8 Å². The number of aliphatic hydroxyl groups excluding tert-OH is 1. The Bertz CT molecular complexity index is 325. The Morgan fingerprint density at radius 1 is 1.17 bits per heavy atom.